The van der Waals surface area contributed by atoms with Gasteiger partial charge in [-0.1, -0.05) is 31.3 Å². The summed E-state index contributed by atoms with van der Waals surface area (Å²) in [6.07, 6.45) is 0.741. The molecule has 6 rings (SSSR count). The minimum Gasteiger partial charge on any atom is -0.493 e. The molecule has 2 saturated carbocycles. The van der Waals surface area contributed by atoms with E-state index in [1.54, 1.807) is 39.8 Å². The van der Waals surface area contributed by atoms with E-state index in [2.05, 4.69) is 4.98 Å². The first kappa shape index (κ1) is 24.5. The second-order valence-electron chi connectivity index (χ2n) is 10.6. The lowest BCUT2D eigenvalue weighted by molar-refractivity contribution is -0.157. The van der Waals surface area contributed by atoms with E-state index in [9.17, 15) is 24.3 Å². The second-order valence-corrected chi connectivity index (χ2v) is 12.9. The minimum atomic E-state index is -1.17. The van der Waals surface area contributed by atoms with Gasteiger partial charge in [0, 0.05) is 16.0 Å². The van der Waals surface area contributed by atoms with Gasteiger partial charge in [-0.25, -0.2) is 4.79 Å². The number of carbonyl (C=O) groups is 3. The number of hydrogen-bond donors (Lipinski definition) is 2. The number of nitrogens with one attached hydrogen (secondary N) is 1. The number of rotatable bonds is 6. The summed E-state index contributed by atoms with van der Waals surface area (Å²) in [5, 5.41) is 10.7. The zero-order valence-corrected chi connectivity index (χ0v) is 22.4. The number of nitrogens with zero attached hydrogens (tertiary/aromatic N) is 1. The van der Waals surface area contributed by atoms with Crippen molar-refractivity contribution in [2.75, 3.05) is 14.2 Å². The zero-order chi connectivity index (χ0) is 26.3. The number of imide groups is 1. The molecule has 4 aliphatic rings. The van der Waals surface area contributed by atoms with Gasteiger partial charge in [0.2, 0.25) is 11.8 Å². The van der Waals surface area contributed by atoms with Crippen LogP contribution in [-0.2, 0) is 14.4 Å². The summed E-state index contributed by atoms with van der Waals surface area (Å²) in [6, 6.07) is 4.59. The summed E-state index contributed by atoms with van der Waals surface area (Å²) in [5.41, 5.74) is 0.966. The number of carboxylic acid groups (broad SMARTS) is 1. The average molecular weight is 545 g/mol. The van der Waals surface area contributed by atoms with Crippen LogP contribution >= 0.6 is 23.1 Å². The summed E-state index contributed by atoms with van der Waals surface area (Å²) in [7, 11) is 3.15. The van der Waals surface area contributed by atoms with Crippen molar-refractivity contribution in [3.8, 4) is 11.5 Å². The second kappa shape index (κ2) is 8.62. The zero-order valence-electron chi connectivity index (χ0n) is 20.8. The number of ether oxygens (including phenoxy) is 2. The first-order valence-corrected chi connectivity index (χ1v) is 14.1. The Kier molecular flexibility index (Phi) is 5.72. The first-order chi connectivity index (χ1) is 17.7. The first-order valence-electron chi connectivity index (χ1n) is 12.4. The lowest BCUT2D eigenvalue weighted by Crippen LogP contribution is -2.49. The van der Waals surface area contributed by atoms with E-state index in [1.165, 1.54) is 11.3 Å². The van der Waals surface area contributed by atoms with E-state index in [0.717, 1.165) is 26.8 Å². The smallest absolute Gasteiger partial charge is 0.327 e. The molecule has 37 heavy (non-hydrogen) atoms. The fourth-order valence-corrected chi connectivity index (χ4v) is 10.3. The van der Waals surface area contributed by atoms with Gasteiger partial charge in [0.25, 0.3) is 0 Å². The van der Waals surface area contributed by atoms with Gasteiger partial charge in [0.1, 0.15) is 6.04 Å². The molecule has 0 spiro atoms. The standard InChI is InChI=1S/C26H28N2O7S2/c1-9(2)19(25(31)32)28-23(29)17-11-8-12(18(17)24(28)30)20-16(11)15(21-22(36-20)27-26(33)37-21)10-5-6-13(34-3)14(7-10)35-4/h5-7,9,11-12,15-20H,8H2,1-4H3,(H,27,33)(H,31,32). The van der Waals surface area contributed by atoms with Gasteiger partial charge in [-0.05, 0) is 47.8 Å². The molecular formula is C26H28N2O7S2. The lowest BCUT2D eigenvalue weighted by Gasteiger charge is -2.43. The third-order valence-corrected chi connectivity index (χ3v) is 11.3. The average Bonchev–Trinajstić information content (AvgIpc) is 3.58. The number of carbonyl (C=O) groups excluding carboxylic acids is 2. The third kappa shape index (κ3) is 3.35. The number of H-pyrrole nitrogens is 1. The quantitative estimate of drug-likeness (QED) is 0.532. The van der Waals surface area contributed by atoms with Crippen LogP contribution in [-0.4, -0.2) is 58.3 Å². The molecule has 1 aromatic heterocycles. The molecule has 8 atom stereocenters. The minimum absolute atomic E-state index is 0.0207. The molecule has 9 nitrogen and oxygen atoms in total. The Morgan fingerprint density at radius 2 is 1.76 bits per heavy atom. The number of likely N-dealkylation sites (tertiary alicyclic amines) is 1. The highest BCUT2D eigenvalue weighted by atomic mass is 32.2. The van der Waals surface area contributed by atoms with Crippen LogP contribution in [0.25, 0.3) is 0 Å². The summed E-state index contributed by atoms with van der Waals surface area (Å²) in [4.78, 5) is 56.7. The number of aromatic amines is 1. The Labute approximate surface area is 221 Å². The molecule has 2 bridgehead atoms. The highest BCUT2D eigenvalue weighted by molar-refractivity contribution is 8.00. The van der Waals surface area contributed by atoms with Crippen molar-refractivity contribution in [3.05, 3.63) is 38.3 Å². The summed E-state index contributed by atoms with van der Waals surface area (Å²) >= 11 is 2.79. The number of carboxylic acids is 1. The normalized spacial score (nSPS) is 32.4. The summed E-state index contributed by atoms with van der Waals surface area (Å²) in [5.74, 6) is -2.39. The summed E-state index contributed by atoms with van der Waals surface area (Å²) in [6.45, 7) is 3.44. The maximum Gasteiger partial charge on any atom is 0.327 e. The van der Waals surface area contributed by atoms with Crippen molar-refractivity contribution in [2.45, 2.75) is 42.5 Å². The molecule has 1 saturated heterocycles. The Hall–Kier alpha value is -2.79. The van der Waals surface area contributed by atoms with Crippen LogP contribution in [0.15, 0.2) is 28.0 Å². The fourth-order valence-electron chi connectivity index (χ4n) is 7.43. The Morgan fingerprint density at radius 3 is 2.38 bits per heavy atom. The van der Waals surface area contributed by atoms with Crippen molar-refractivity contribution < 1.29 is 29.0 Å². The Bertz CT molecular complexity index is 1370. The van der Waals surface area contributed by atoms with Crippen molar-refractivity contribution in [3.63, 3.8) is 0 Å². The van der Waals surface area contributed by atoms with E-state index in [0.29, 0.717) is 11.5 Å². The van der Waals surface area contributed by atoms with E-state index in [4.69, 9.17) is 9.47 Å². The van der Waals surface area contributed by atoms with Crippen LogP contribution in [0.4, 0.5) is 0 Å². The number of aliphatic carboxylic acids is 1. The molecule has 2 aliphatic heterocycles. The van der Waals surface area contributed by atoms with E-state index in [1.807, 2.05) is 18.2 Å². The number of amides is 2. The number of thioether (sulfide) groups is 1. The fraction of sp³-hybridized carbons (Fsp3) is 0.538. The van der Waals surface area contributed by atoms with Crippen LogP contribution in [0.2, 0.25) is 0 Å². The number of fused-ring (bicyclic) bond motifs is 9. The van der Waals surface area contributed by atoms with Gasteiger partial charge in [0.05, 0.1) is 31.1 Å². The number of hydrogen-bond acceptors (Lipinski definition) is 8. The van der Waals surface area contributed by atoms with Gasteiger partial charge in [-0.2, -0.15) is 0 Å². The van der Waals surface area contributed by atoms with Crippen LogP contribution in [0.5, 0.6) is 11.5 Å². The molecule has 2 aliphatic carbocycles. The largest absolute Gasteiger partial charge is 0.493 e. The van der Waals surface area contributed by atoms with Gasteiger partial charge in [-0.15, -0.1) is 11.8 Å². The number of aromatic nitrogens is 1. The molecule has 8 unspecified atom stereocenters. The molecule has 3 fully saturated rings. The topological polar surface area (TPSA) is 126 Å². The van der Waals surface area contributed by atoms with Gasteiger partial charge in [-0.3, -0.25) is 19.3 Å². The van der Waals surface area contributed by atoms with Crippen LogP contribution < -0.4 is 14.3 Å². The van der Waals surface area contributed by atoms with E-state index < -0.39 is 29.8 Å². The maximum absolute atomic E-state index is 13.7. The van der Waals surface area contributed by atoms with Crippen LogP contribution in [0, 0.1) is 35.5 Å². The molecule has 11 heteroatoms. The van der Waals surface area contributed by atoms with Crippen molar-refractivity contribution in [2.24, 2.45) is 35.5 Å². The number of thiazole rings is 1. The number of benzene rings is 1. The SMILES string of the molecule is COc1ccc(C2c3sc(=O)[nH]c3SC3C4CC(C5C(=O)N(C(C(=O)O)C(C)C)C(=O)C45)C23)cc1OC. The van der Waals surface area contributed by atoms with Crippen molar-refractivity contribution in [1.29, 1.82) is 0 Å². The van der Waals surface area contributed by atoms with Crippen molar-refractivity contribution in [1.82, 2.24) is 9.88 Å². The number of methoxy groups -OCH3 is 2. The lowest BCUT2D eigenvalue weighted by atomic mass is 9.68. The van der Waals surface area contributed by atoms with Gasteiger partial charge < -0.3 is 19.6 Å². The third-order valence-electron chi connectivity index (χ3n) is 8.69. The highest BCUT2D eigenvalue weighted by Gasteiger charge is 2.70. The van der Waals surface area contributed by atoms with Gasteiger partial charge >= 0.3 is 10.8 Å². The predicted molar refractivity (Wildman–Crippen MR) is 136 cm³/mol. The molecule has 2 amide bonds. The Morgan fingerprint density at radius 1 is 1.08 bits per heavy atom. The van der Waals surface area contributed by atoms with Crippen LogP contribution in [0.3, 0.4) is 0 Å². The van der Waals surface area contributed by atoms with E-state index >= 15 is 0 Å². The molecule has 1 aromatic carbocycles. The molecule has 3 heterocycles. The molecular weight excluding hydrogens is 516 g/mol. The Balaban J connectivity index is 1.45. The molecule has 0 radical (unpaired) electrons. The van der Waals surface area contributed by atoms with Crippen molar-refractivity contribution >= 4 is 40.9 Å². The predicted octanol–water partition coefficient (Wildman–Crippen LogP) is 3.04. The van der Waals surface area contributed by atoms with E-state index in [-0.39, 0.29) is 45.6 Å². The monoisotopic (exact) mass is 544 g/mol. The molecule has 196 valence electrons. The molecule has 2 N–H and O–H groups in total. The molecule has 2 aromatic rings. The summed E-state index contributed by atoms with van der Waals surface area (Å²) < 4.78 is 11.0. The maximum atomic E-state index is 13.7. The van der Waals surface area contributed by atoms with Gasteiger partial charge in [0.15, 0.2) is 11.5 Å². The highest BCUT2D eigenvalue weighted by Crippen LogP contribution is 2.68. The van der Waals surface area contributed by atoms with Crippen LogP contribution in [0.1, 0.15) is 36.6 Å².